The number of aromatic amines is 1. The highest BCUT2D eigenvalue weighted by Crippen LogP contribution is 2.34. The molecule has 2 N–H and O–H groups in total. The first-order valence-electron chi connectivity index (χ1n) is 9.29. The summed E-state index contributed by atoms with van der Waals surface area (Å²) in [6.07, 6.45) is 3.95. The van der Waals surface area contributed by atoms with E-state index in [4.69, 9.17) is 23.2 Å². The minimum absolute atomic E-state index is 0.0369. The molecule has 1 amide bonds. The maximum Gasteiger partial charge on any atom is 0.221 e. The van der Waals surface area contributed by atoms with Gasteiger partial charge in [0.05, 0.1) is 0 Å². The Morgan fingerprint density at radius 3 is 2.66 bits per heavy atom. The Morgan fingerprint density at radius 1 is 1.07 bits per heavy atom. The zero-order valence-corrected chi connectivity index (χ0v) is 17.0. The van der Waals surface area contributed by atoms with Crippen molar-refractivity contribution < 1.29 is 4.79 Å². The van der Waals surface area contributed by atoms with Crippen LogP contribution in [0.2, 0.25) is 10.2 Å². The average Bonchev–Trinajstić information content (AvgIpc) is 3.15. The highest BCUT2D eigenvalue weighted by atomic mass is 35.5. The number of hydrogen-bond donors (Lipinski definition) is 2. The Labute approximate surface area is 178 Å². The Balaban J connectivity index is 1.62. The molecular weight excluding hydrogens is 405 g/mol. The van der Waals surface area contributed by atoms with Gasteiger partial charge in [-0.05, 0) is 41.0 Å². The van der Waals surface area contributed by atoms with Crippen LogP contribution in [0.3, 0.4) is 0 Å². The summed E-state index contributed by atoms with van der Waals surface area (Å²) in [7, 11) is 0. The average molecular weight is 424 g/mol. The molecule has 0 bridgehead atoms. The van der Waals surface area contributed by atoms with Crippen molar-refractivity contribution in [1.29, 1.82) is 0 Å². The molecule has 0 unspecified atom stereocenters. The predicted octanol–water partition coefficient (Wildman–Crippen LogP) is 5.71. The monoisotopic (exact) mass is 423 g/mol. The second-order valence-corrected chi connectivity index (χ2v) is 7.69. The fraction of sp³-hybridized carbons (Fsp3) is 0.130. The number of halogens is 2. The lowest BCUT2D eigenvalue weighted by molar-refractivity contribution is -0.121. The van der Waals surface area contributed by atoms with Crippen molar-refractivity contribution in [2.75, 3.05) is 0 Å². The number of fused-ring (bicyclic) bond motifs is 1. The number of nitrogens with one attached hydrogen (secondary N) is 2. The molecule has 2 aromatic heterocycles. The Kier molecular flexibility index (Phi) is 5.84. The van der Waals surface area contributed by atoms with Gasteiger partial charge in [0.15, 0.2) is 0 Å². The zero-order valence-electron chi connectivity index (χ0n) is 15.5. The number of amides is 1. The van der Waals surface area contributed by atoms with E-state index in [2.05, 4.69) is 15.3 Å². The van der Waals surface area contributed by atoms with Crippen molar-refractivity contribution in [1.82, 2.24) is 15.3 Å². The van der Waals surface area contributed by atoms with Crippen LogP contribution in [0, 0.1) is 0 Å². The van der Waals surface area contributed by atoms with Crippen LogP contribution < -0.4 is 5.32 Å². The van der Waals surface area contributed by atoms with Gasteiger partial charge >= 0.3 is 0 Å². The van der Waals surface area contributed by atoms with Gasteiger partial charge in [-0.1, -0.05) is 59.6 Å². The summed E-state index contributed by atoms with van der Waals surface area (Å²) in [5.74, 6) is -0.215. The van der Waals surface area contributed by atoms with Crippen LogP contribution in [-0.2, 0) is 11.3 Å². The minimum atomic E-state index is -0.178. The maximum absolute atomic E-state index is 12.8. The summed E-state index contributed by atoms with van der Waals surface area (Å²) >= 11 is 12.2. The van der Waals surface area contributed by atoms with Crippen LogP contribution in [0.25, 0.3) is 10.9 Å². The van der Waals surface area contributed by atoms with E-state index in [1.807, 2.05) is 60.8 Å². The Morgan fingerprint density at radius 2 is 1.90 bits per heavy atom. The van der Waals surface area contributed by atoms with Crippen molar-refractivity contribution in [2.45, 2.75) is 18.9 Å². The minimum Gasteiger partial charge on any atom is -0.361 e. The van der Waals surface area contributed by atoms with E-state index in [9.17, 15) is 4.79 Å². The molecule has 0 spiro atoms. The number of rotatable bonds is 6. The number of carbonyl (C=O) groups excluding carboxylic acids is 1. The van der Waals surface area contributed by atoms with Gasteiger partial charge in [-0.2, -0.15) is 0 Å². The summed E-state index contributed by atoms with van der Waals surface area (Å²) in [5.41, 5.74) is 3.96. The van der Waals surface area contributed by atoms with Crippen LogP contribution in [0.1, 0.15) is 29.0 Å². The number of H-pyrrole nitrogens is 1. The molecule has 0 saturated carbocycles. The largest absolute Gasteiger partial charge is 0.361 e. The third-order valence-electron chi connectivity index (χ3n) is 4.93. The van der Waals surface area contributed by atoms with Crippen molar-refractivity contribution in [3.05, 3.63) is 99.9 Å². The first-order valence-corrected chi connectivity index (χ1v) is 10.0. The topological polar surface area (TPSA) is 57.8 Å². The van der Waals surface area contributed by atoms with Crippen molar-refractivity contribution >= 4 is 40.0 Å². The van der Waals surface area contributed by atoms with Gasteiger partial charge in [-0.15, -0.1) is 0 Å². The third-order valence-corrected chi connectivity index (χ3v) is 5.38. The zero-order chi connectivity index (χ0) is 20.2. The van der Waals surface area contributed by atoms with E-state index in [-0.39, 0.29) is 18.2 Å². The molecule has 146 valence electrons. The molecule has 0 aliphatic heterocycles. The van der Waals surface area contributed by atoms with Gasteiger partial charge in [0.2, 0.25) is 5.91 Å². The summed E-state index contributed by atoms with van der Waals surface area (Å²) in [4.78, 5) is 20.2. The number of pyridine rings is 1. The first kappa shape index (κ1) is 19.5. The van der Waals surface area contributed by atoms with E-state index >= 15 is 0 Å². The quantitative estimate of drug-likeness (QED) is 0.390. The fourth-order valence-corrected chi connectivity index (χ4v) is 3.74. The molecule has 0 aliphatic rings. The van der Waals surface area contributed by atoms with Gasteiger partial charge in [0.25, 0.3) is 0 Å². The van der Waals surface area contributed by atoms with Gasteiger partial charge in [-0.3, -0.25) is 4.79 Å². The lowest BCUT2D eigenvalue weighted by Crippen LogP contribution is -2.25. The van der Waals surface area contributed by atoms with E-state index < -0.39 is 0 Å². The molecule has 4 aromatic rings. The number of aromatic nitrogens is 2. The van der Waals surface area contributed by atoms with Gasteiger partial charge < -0.3 is 10.3 Å². The molecule has 4 nitrogen and oxygen atoms in total. The standard InChI is InChI=1S/C23H19Cl2N3O/c24-17-7-8-21-19(10-17)20(14-26-21)18(16-6-9-22(25)27-13-16)11-23(29)28-12-15-4-2-1-3-5-15/h1-10,13-14,18,26H,11-12H2,(H,28,29)/t18-/m1/s1. The Bertz CT molecular complexity index is 1120. The van der Waals surface area contributed by atoms with E-state index in [1.165, 1.54) is 0 Å². The molecule has 0 aliphatic carbocycles. The Hall–Kier alpha value is -2.82. The van der Waals surface area contributed by atoms with Crippen molar-refractivity contribution in [3.8, 4) is 0 Å². The van der Waals surface area contributed by atoms with Crippen LogP contribution in [-0.4, -0.2) is 15.9 Å². The molecule has 0 saturated heterocycles. The van der Waals surface area contributed by atoms with Gasteiger partial charge in [0.1, 0.15) is 5.15 Å². The molecule has 4 rings (SSSR count). The number of benzene rings is 2. The SMILES string of the molecule is O=C(C[C@H](c1ccc(Cl)nc1)c1c[nH]c2ccc(Cl)cc12)NCc1ccccc1. The van der Waals surface area contributed by atoms with Crippen molar-refractivity contribution in [2.24, 2.45) is 0 Å². The lowest BCUT2D eigenvalue weighted by Gasteiger charge is -2.17. The highest BCUT2D eigenvalue weighted by molar-refractivity contribution is 6.31. The van der Waals surface area contributed by atoms with E-state index in [1.54, 1.807) is 12.3 Å². The number of nitrogens with zero attached hydrogens (tertiary/aromatic N) is 1. The maximum atomic E-state index is 12.8. The fourth-order valence-electron chi connectivity index (χ4n) is 3.46. The van der Waals surface area contributed by atoms with Gasteiger partial charge in [0, 0.05) is 47.2 Å². The van der Waals surface area contributed by atoms with E-state index in [0.717, 1.165) is 27.6 Å². The molecule has 6 heteroatoms. The molecule has 0 fully saturated rings. The van der Waals surface area contributed by atoms with Crippen LogP contribution in [0.4, 0.5) is 0 Å². The number of hydrogen-bond acceptors (Lipinski definition) is 2. The summed E-state index contributed by atoms with van der Waals surface area (Å²) in [6, 6.07) is 19.2. The third kappa shape index (κ3) is 4.61. The van der Waals surface area contributed by atoms with Crippen molar-refractivity contribution in [3.63, 3.8) is 0 Å². The number of carbonyl (C=O) groups is 1. The second-order valence-electron chi connectivity index (χ2n) is 6.87. The molecule has 1 atom stereocenters. The van der Waals surface area contributed by atoms with Gasteiger partial charge in [-0.25, -0.2) is 4.98 Å². The summed E-state index contributed by atoms with van der Waals surface area (Å²) < 4.78 is 0. The van der Waals surface area contributed by atoms with Crippen LogP contribution in [0.5, 0.6) is 0 Å². The molecule has 29 heavy (non-hydrogen) atoms. The lowest BCUT2D eigenvalue weighted by atomic mass is 9.89. The molecule has 2 aromatic carbocycles. The first-order chi connectivity index (χ1) is 14.1. The van der Waals surface area contributed by atoms with E-state index in [0.29, 0.717) is 16.7 Å². The molecular formula is C23H19Cl2N3O. The van der Waals surface area contributed by atoms with Crippen LogP contribution in [0.15, 0.2) is 73.1 Å². The molecule has 2 heterocycles. The summed E-state index contributed by atoms with van der Waals surface area (Å²) in [5, 5.41) is 5.08. The highest BCUT2D eigenvalue weighted by Gasteiger charge is 2.22. The predicted molar refractivity (Wildman–Crippen MR) is 117 cm³/mol. The smallest absolute Gasteiger partial charge is 0.221 e. The molecule has 0 radical (unpaired) electrons. The normalized spacial score (nSPS) is 12.1. The summed E-state index contributed by atoms with van der Waals surface area (Å²) in [6.45, 7) is 0.491. The second kappa shape index (κ2) is 8.68. The van der Waals surface area contributed by atoms with Crippen LogP contribution >= 0.6 is 23.2 Å².